The maximum atomic E-state index is 3.97. The first-order valence-corrected chi connectivity index (χ1v) is 5.71. The van der Waals surface area contributed by atoms with Gasteiger partial charge in [0.2, 0.25) is 0 Å². The summed E-state index contributed by atoms with van der Waals surface area (Å²) in [6.45, 7) is 0. The molecule has 0 radical (unpaired) electrons. The zero-order chi connectivity index (χ0) is 8.93. The van der Waals surface area contributed by atoms with E-state index < -0.39 is 0 Å². The zero-order valence-electron chi connectivity index (χ0n) is 6.88. The quantitative estimate of drug-likeness (QED) is 0.772. The largest absolute Gasteiger partial charge is 0.147 e. The summed E-state index contributed by atoms with van der Waals surface area (Å²) in [5.41, 5.74) is 3.53. The van der Waals surface area contributed by atoms with Crippen molar-refractivity contribution in [3.63, 3.8) is 0 Å². The standard InChI is InChI=1S/C7H8N4S2/c1(2-6-10-8-4-12-6)3-7-11-9-5-13-7/h4-5H,1-3H2. The van der Waals surface area contributed by atoms with Crippen molar-refractivity contribution in [3.05, 3.63) is 21.0 Å². The van der Waals surface area contributed by atoms with Gasteiger partial charge in [0, 0.05) is 12.8 Å². The van der Waals surface area contributed by atoms with Crippen LogP contribution in [0.4, 0.5) is 0 Å². The fourth-order valence-electron chi connectivity index (χ4n) is 1.00. The van der Waals surface area contributed by atoms with E-state index in [0.717, 1.165) is 29.3 Å². The molecule has 2 aromatic rings. The van der Waals surface area contributed by atoms with Gasteiger partial charge in [-0.15, -0.1) is 43.1 Å². The minimum absolute atomic E-state index is 0.990. The van der Waals surface area contributed by atoms with Crippen LogP contribution in [0.1, 0.15) is 16.4 Å². The normalized spacial score (nSPS) is 10.5. The van der Waals surface area contributed by atoms with Crippen LogP contribution in [0.15, 0.2) is 11.0 Å². The molecule has 0 atom stereocenters. The van der Waals surface area contributed by atoms with Gasteiger partial charge in [-0.1, -0.05) is 0 Å². The van der Waals surface area contributed by atoms with Gasteiger partial charge in [0.1, 0.15) is 21.0 Å². The average molecular weight is 212 g/mol. The predicted octanol–water partition coefficient (Wildman–Crippen LogP) is 1.56. The first kappa shape index (κ1) is 8.71. The second-order valence-corrected chi connectivity index (χ2v) is 4.35. The second-order valence-electron chi connectivity index (χ2n) is 2.52. The molecule has 0 fully saturated rings. The van der Waals surface area contributed by atoms with Crippen molar-refractivity contribution in [2.75, 3.05) is 0 Å². The lowest BCUT2D eigenvalue weighted by Gasteiger charge is -1.92. The molecule has 2 rings (SSSR count). The van der Waals surface area contributed by atoms with E-state index in [1.165, 1.54) is 0 Å². The van der Waals surface area contributed by atoms with Crippen LogP contribution in [-0.4, -0.2) is 20.4 Å². The van der Waals surface area contributed by atoms with E-state index in [-0.39, 0.29) is 0 Å². The lowest BCUT2D eigenvalue weighted by molar-refractivity contribution is 0.786. The van der Waals surface area contributed by atoms with Crippen molar-refractivity contribution in [3.8, 4) is 0 Å². The number of nitrogens with zero attached hydrogens (tertiary/aromatic N) is 4. The van der Waals surface area contributed by atoms with Gasteiger partial charge in [-0.05, 0) is 6.42 Å². The monoisotopic (exact) mass is 212 g/mol. The first-order chi connectivity index (χ1) is 6.45. The van der Waals surface area contributed by atoms with E-state index in [1.54, 1.807) is 33.7 Å². The Morgan fingerprint density at radius 3 is 1.85 bits per heavy atom. The molecule has 4 nitrogen and oxygen atoms in total. The molecule has 0 spiro atoms. The van der Waals surface area contributed by atoms with E-state index in [1.807, 2.05) is 0 Å². The minimum Gasteiger partial charge on any atom is -0.147 e. The smallest absolute Gasteiger partial charge is 0.117 e. The van der Waals surface area contributed by atoms with Gasteiger partial charge >= 0.3 is 0 Å². The summed E-state index contributed by atoms with van der Waals surface area (Å²) in [4.78, 5) is 0. The van der Waals surface area contributed by atoms with Gasteiger partial charge in [-0.25, -0.2) is 0 Å². The number of aromatic nitrogens is 4. The summed E-state index contributed by atoms with van der Waals surface area (Å²) in [6.07, 6.45) is 3.05. The Morgan fingerprint density at radius 1 is 0.923 bits per heavy atom. The second kappa shape index (κ2) is 4.38. The molecule has 68 valence electrons. The van der Waals surface area contributed by atoms with Gasteiger partial charge in [-0.3, -0.25) is 0 Å². The van der Waals surface area contributed by atoms with Crippen LogP contribution < -0.4 is 0 Å². The third-order valence-electron chi connectivity index (χ3n) is 1.59. The van der Waals surface area contributed by atoms with Gasteiger partial charge in [-0.2, -0.15) is 0 Å². The number of hydrogen-bond acceptors (Lipinski definition) is 6. The molecule has 6 heteroatoms. The number of hydrogen-bond donors (Lipinski definition) is 0. The van der Waals surface area contributed by atoms with Crippen LogP contribution in [0.2, 0.25) is 0 Å². The van der Waals surface area contributed by atoms with Crippen LogP contribution in [0.25, 0.3) is 0 Å². The fourth-order valence-corrected chi connectivity index (χ4v) is 2.15. The van der Waals surface area contributed by atoms with Crippen LogP contribution in [-0.2, 0) is 12.8 Å². The molecular weight excluding hydrogens is 204 g/mol. The van der Waals surface area contributed by atoms with Crippen LogP contribution in [0.5, 0.6) is 0 Å². The molecule has 13 heavy (non-hydrogen) atoms. The molecule has 0 saturated heterocycles. The van der Waals surface area contributed by atoms with Crippen molar-refractivity contribution in [1.29, 1.82) is 0 Å². The van der Waals surface area contributed by atoms with Crippen molar-refractivity contribution in [2.24, 2.45) is 0 Å². The Bertz CT molecular complexity index is 295. The highest BCUT2D eigenvalue weighted by Gasteiger charge is 1.99. The zero-order valence-corrected chi connectivity index (χ0v) is 8.51. The van der Waals surface area contributed by atoms with E-state index in [9.17, 15) is 0 Å². The van der Waals surface area contributed by atoms with Crippen LogP contribution >= 0.6 is 22.7 Å². The third kappa shape index (κ3) is 2.53. The third-order valence-corrected chi connectivity index (χ3v) is 3.11. The van der Waals surface area contributed by atoms with Crippen LogP contribution in [0.3, 0.4) is 0 Å². The maximum absolute atomic E-state index is 3.97. The Hall–Kier alpha value is -0.880. The summed E-state index contributed by atoms with van der Waals surface area (Å²) in [5, 5.41) is 17.7. The van der Waals surface area contributed by atoms with Crippen molar-refractivity contribution >= 4 is 22.7 Å². The molecule has 0 N–H and O–H groups in total. The molecular formula is C7H8N4S2. The highest BCUT2D eigenvalue weighted by Crippen LogP contribution is 2.09. The van der Waals surface area contributed by atoms with E-state index >= 15 is 0 Å². The van der Waals surface area contributed by atoms with Crippen molar-refractivity contribution in [2.45, 2.75) is 19.3 Å². The Labute approximate surface area is 83.7 Å². The molecule has 0 amide bonds. The molecule has 2 heterocycles. The molecule has 2 aromatic heterocycles. The summed E-state index contributed by atoms with van der Waals surface area (Å²) in [6, 6.07) is 0. The van der Waals surface area contributed by atoms with Crippen molar-refractivity contribution < 1.29 is 0 Å². The molecule has 0 aromatic carbocycles. The minimum atomic E-state index is 0.990. The lowest BCUT2D eigenvalue weighted by atomic mass is 10.2. The Kier molecular flexibility index (Phi) is 2.94. The Balaban J connectivity index is 1.76. The molecule has 0 bridgehead atoms. The fraction of sp³-hybridized carbons (Fsp3) is 0.429. The number of rotatable bonds is 4. The summed E-state index contributed by atoms with van der Waals surface area (Å²) in [7, 11) is 0. The van der Waals surface area contributed by atoms with Gasteiger partial charge in [0.15, 0.2) is 0 Å². The van der Waals surface area contributed by atoms with Gasteiger partial charge < -0.3 is 0 Å². The SMILES string of the molecule is c1nnc(CCCc2nncs2)s1. The predicted molar refractivity (Wildman–Crippen MR) is 51.8 cm³/mol. The lowest BCUT2D eigenvalue weighted by Crippen LogP contribution is -1.89. The molecule has 0 unspecified atom stereocenters. The summed E-state index contributed by atoms with van der Waals surface area (Å²) < 4.78 is 0. The highest BCUT2D eigenvalue weighted by atomic mass is 32.1. The van der Waals surface area contributed by atoms with Crippen molar-refractivity contribution in [1.82, 2.24) is 20.4 Å². The maximum Gasteiger partial charge on any atom is 0.117 e. The van der Waals surface area contributed by atoms with Crippen LogP contribution in [0, 0.1) is 0 Å². The van der Waals surface area contributed by atoms with Gasteiger partial charge in [0.05, 0.1) is 0 Å². The van der Waals surface area contributed by atoms with Gasteiger partial charge in [0.25, 0.3) is 0 Å². The molecule has 0 aliphatic heterocycles. The molecule has 0 saturated carbocycles. The Morgan fingerprint density at radius 2 is 1.46 bits per heavy atom. The number of aryl methyl sites for hydroxylation is 2. The first-order valence-electron chi connectivity index (χ1n) is 3.95. The highest BCUT2D eigenvalue weighted by molar-refractivity contribution is 7.09. The molecule has 0 aliphatic carbocycles. The van der Waals surface area contributed by atoms with E-state index in [0.29, 0.717) is 0 Å². The molecule has 0 aliphatic rings. The summed E-state index contributed by atoms with van der Waals surface area (Å²) in [5.74, 6) is 0. The summed E-state index contributed by atoms with van der Waals surface area (Å²) >= 11 is 3.21. The topological polar surface area (TPSA) is 51.6 Å². The van der Waals surface area contributed by atoms with E-state index in [2.05, 4.69) is 20.4 Å². The van der Waals surface area contributed by atoms with E-state index in [4.69, 9.17) is 0 Å². The average Bonchev–Trinajstić information content (AvgIpc) is 2.75.